The predicted octanol–water partition coefficient (Wildman–Crippen LogP) is 3.02. The number of ether oxygens (including phenoxy) is 1. The Kier molecular flexibility index (Phi) is 4.50. The molecule has 0 amide bonds. The molecule has 1 saturated carbocycles. The van der Waals surface area contributed by atoms with E-state index in [0.29, 0.717) is 17.0 Å². The van der Waals surface area contributed by atoms with Crippen LogP contribution < -0.4 is 0 Å². The summed E-state index contributed by atoms with van der Waals surface area (Å²) in [6.45, 7) is 2.25. The molecule has 1 rings (SSSR count). The zero-order chi connectivity index (χ0) is 9.68. The van der Waals surface area contributed by atoms with Gasteiger partial charge in [-0.05, 0) is 41.6 Å². The number of hydrogen-bond acceptors (Lipinski definition) is 2. The van der Waals surface area contributed by atoms with E-state index in [1.165, 1.54) is 25.7 Å². The Morgan fingerprint density at radius 2 is 2.15 bits per heavy atom. The van der Waals surface area contributed by atoms with Crippen LogP contribution in [0.15, 0.2) is 10.6 Å². The van der Waals surface area contributed by atoms with E-state index in [0.717, 1.165) is 0 Å². The topological polar surface area (TPSA) is 26.3 Å². The number of halogens is 1. The van der Waals surface area contributed by atoms with Gasteiger partial charge in [-0.2, -0.15) is 0 Å². The standard InChI is InChI=1S/C10H15BrO2/c1-2-13-10(12)9(11)7-8-5-3-4-6-8/h7-8H,2-6H2,1H3. The van der Waals surface area contributed by atoms with Crippen LogP contribution in [0.1, 0.15) is 32.6 Å². The molecule has 0 aromatic carbocycles. The number of rotatable bonds is 3. The zero-order valence-corrected chi connectivity index (χ0v) is 9.47. The van der Waals surface area contributed by atoms with Crippen LogP contribution in [-0.4, -0.2) is 12.6 Å². The Labute approximate surface area is 87.5 Å². The summed E-state index contributed by atoms with van der Waals surface area (Å²) in [7, 11) is 0. The van der Waals surface area contributed by atoms with Crippen LogP contribution in [-0.2, 0) is 9.53 Å². The van der Waals surface area contributed by atoms with Crippen molar-refractivity contribution in [2.24, 2.45) is 5.92 Å². The summed E-state index contributed by atoms with van der Waals surface area (Å²) >= 11 is 3.24. The van der Waals surface area contributed by atoms with Gasteiger partial charge in [0.05, 0.1) is 11.1 Å². The van der Waals surface area contributed by atoms with Crippen molar-refractivity contribution in [1.29, 1.82) is 0 Å². The van der Waals surface area contributed by atoms with Crippen molar-refractivity contribution < 1.29 is 9.53 Å². The van der Waals surface area contributed by atoms with Crippen LogP contribution in [0, 0.1) is 5.92 Å². The lowest BCUT2D eigenvalue weighted by atomic mass is 10.1. The van der Waals surface area contributed by atoms with E-state index in [9.17, 15) is 4.79 Å². The van der Waals surface area contributed by atoms with Gasteiger partial charge in [-0.25, -0.2) is 4.79 Å². The highest BCUT2D eigenvalue weighted by Crippen LogP contribution is 2.28. The normalized spacial score (nSPS) is 19.1. The second-order valence-corrected chi connectivity index (χ2v) is 4.13. The minimum atomic E-state index is -0.241. The second-order valence-electron chi connectivity index (χ2n) is 3.28. The Morgan fingerprint density at radius 3 is 2.69 bits per heavy atom. The lowest BCUT2D eigenvalue weighted by Gasteiger charge is -2.03. The number of esters is 1. The van der Waals surface area contributed by atoms with Crippen LogP contribution in [0.2, 0.25) is 0 Å². The number of allylic oxidation sites excluding steroid dienone is 1. The Hall–Kier alpha value is -0.310. The fraction of sp³-hybridized carbons (Fsp3) is 0.700. The lowest BCUT2D eigenvalue weighted by Crippen LogP contribution is -2.04. The fourth-order valence-corrected chi connectivity index (χ4v) is 2.09. The summed E-state index contributed by atoms with van der Waals surface area (Å²) in [5.74, 6) is 0.327. The molecular formula is C10H15BrO2. The van der Waals surface area contributed by atoms with Gasteiger partial charge >= 0.3 is 5.97 Å². The summed E-state index contributed by atoms with van der Waals surface area (Å²) < 4.78 is 5.44. The van der Waals surface area contributed by atoms with E-state index in [-0.39, 0.29) is 5.97 Å². The summed E-state index contributed by atoms with van der Waals surface area (Å²) in [6.07, 6.45) is 6.96. The zero-order valence-electron chi connectivity index (χ0n) is 7.88. The number of hydrogen-bond donors (Lipinski definition) is 0. The van der Waals surface area contributed by atoms with Crippen molar-refractivity contribution in [2.75, 3.05) is 6.61 Å². The molecule has 1 aliphatic carbocycles. The number of carbonyl (C=O) groups excluding carboxylic acids is 1. The average molecular weight is 247 g/mol. The Balaban J connectivity index is 2.44. The summed E-state index contributed by atoms with van der Waals surface area (Å²) in [5.41, 5.74) is 0. The first-order chi connectivity index (χ1) is 6.24. The van der Waals surface area contributed by atoms with E-state index in [2.05, 4.69) is 15.9 Å². The van der Waals surface area contributed by atoms with Gasteiger partial charge in [-0.3, -0.25) is 0 Å². The summed E-state index contributed by atoms with van der Waals surface area (Å²) in [5, 5.41) is 0. The SMILES string of the molecule is CCOC(=O)C(Br)=CC1CCCC1. The van der Waals surface area contributed by atoms with E-state index >= 15 is 0 Å². The predicted molar refractivity (Wildman–Crippen MR) is 55.6 cm³/mol. The molecule has 0 atom stereocenters. The Bertz CT molecular complexity index is 205. The molecule has 0 aromatic heterocycles. The van der Waals surface area contributed by atoms with Crippen LogP contribution in [0.5, 0.6) is 0 Å². The third-order valence-corrected chi connectivity index (χ3v) is 2.84. The van der Waals surface area contributed by atoms with Crippen molar-refractivity contribution in [1.82, 2.24) is 0 Å². The molecule has 0 radical (unpaired) electrons. The third-order valence-electron chi connectivity index (χ3n) is 2.25. The first-order valence-corrected chi connectivity index (χ1v) is 5.57. The molecule has 2 nitrogen and oxygen atoms in total. The maximum atomic E-state index is 11.2. The first kappa shape index (κ1) is 10.8. The van der Waals surface area contributed by atoms with Gasteiger partial charge in [0.2, 0.25) is 0 Å². The molecule has 13 heavy (non-hydrogen) atoms. The first-order valence-electron chi connectivity index (χ1n) is 4.78. The van der Waals surface area contributed by atoms with Crippen molar-refractivity contribution in [3.63, 3.8) is 0 Å². The van der Waals surface area contributed by atoms with Crippen molar-refractivity contribution in [3.05, 3.63) is 10.6 Å². The molecule has 1 fully saturated rings. The smallest absolute Gasteiger partial charge is 0.344 e. The highest BCUT2D eigenvalue weighted by molar-refractivity contribution is 9.12. The summed E-state index contributed by atoms with van der Waals surface area (Å²) in [6, 6.07) is 0. The largest absolute Gasteiger partial charge is 0.462 e. The maximum absolute atomic E-state index is 11.2. The van der Waals surface area contributed by atoms with E-state index in [4.69, 9.17) is 4.74 Å². The number of carbonyl (C=O) groups is 1. The van der Waals surface area contributed by atoms with Gasteiger partial charge in [0.25, 0.3) is 0 Å². The molecule has 1 aliphatic rings. The molecule has 3 heteroatoms. The minimum absolute atomic E-state index is 0.241. The summed E-state index contributed by atoms with van der Waals surface area (Å²) in [4.78, 5) is 11.2. The molecule has 74 valence electrons. The maximum Gasteiger partial charge on any atom is 0.344 e. The van der Waals surface area contributed by atoms with Crippen LogP contribution in [0.25, 0.3) is 0 Å². The van der Waals surface area contributed by atoms with Crippen LogP contribution >= 0.6 is 15.9 Å². The lowest BCUT2D eigenvalue weighted by molar-refractivity contribution is -0.137. The molecule has 0 aromatic rings. The molecule has 0 saturated heterocycles. The molecule has 0 heterocycles. The second kappa shape index (κ2) is 5.43. The molecule has 0 unspecified atom stereocenters. The fourth-order valence-electron chi connectivity index (χ4n) is 1.60. The van der Waals surface area contributed by atoms with Gasteiger partial charge in [-0.15, -0.1) is 0 Å². The monoisotopic (exact) mass is 246 g/mol. The van der Waals surface area contributed by atoms with Crippen LogP contribution in [0.4, 0.5) is 0 Å². The Morgan fingerprint density at radius 1 is 1.54 bits per heavy atom. The minimum Gasteiger partial charge on any atom is -0.462 e. The van der Waals surface area contributed by atoms with Gasteiger partial charge in [0, 0.05) is 0 Å². The molecule has 0 bridgehead atoms. The highest BCUT2D eigenvalue weighted by Gasteiger charge is 2.15. The molecule has 0 spiro atoms. The molecule has 0 N–H and O–H groups in total. The van der Waals surface area contributed by atoms with Gasteiger partial charge in [0.1, 0.15) is 0 Å². The van der Waals surface area contributed by atoms with Crippen molar-refractivity contribution in [3.8, 4) is 0 Å². The third kappa shape index (κ3) is 3.51. The van der Waals surface area contributed by atoms with Gasteiger partial charge in [0.15, 0.2) is 0 Å². The van der Waals surface area contributed by atoms with E-state index in [1.807, 2.05) is 13.0 Å². The quantitative estimate of drug-likeness (QED) is 0.566. The molecular weight excluding hydrogens is 232 g/mol. The molecule has 0 aliphatic heterocycles. The average Bonchev–Trinajstić information content (AvgIpc) is 2.57. The van der Waals surface area contributed by atoms with Crippen molar-refractivity contribution >= 4 is 21.9 Å². The van der Waals surface area contributed by atoms with E-state index in [1.54, 1.807) is 0 Å². The van der Waals surface area contributed by atoms with Gasteiger partial charge < -0.3 is 4.74 Å². The highest BCUT2D eigenvalue weighted by atomic mass is 79.9. The van der Waals surface area contributed by atoms with Crippen molar-refractivity contribution in [2.45, 2.75) is 32.6 Å². The van der Waals surface area contributed by atoms with E-state index < -0.39 is 0 Å². The van der Waals surface area contributed by atoms with Crippen LogP contribution in [0.3, 0.4) is 0 Å². The van der Waals surface area contributed by atoms with Gasteiger partial charge in [-0.1, -0.05) is 18.9 Å².